The normalized spacial score (nSPS) is 21.9. The van der Waals surface area contributed by atoms with E-state index in [4.69, 9.17) is 4.99 Å². The van der Waals surface area contributed by atoms with Gasteiger partial charge < -0.3 is 4.90 Å². The van der Waals surface area contributed by atoms with Gasteiger partial charge in [-0.15, -0.1) is 0 Å². The molecule has 1 spiro atoms. The maximum atomic E-state index is 11.9. The van der Waals surface area contributed by atoms with Gasteiger partial charge in [0.25, 0.3) is 0 Å². The standard InChI is InChI=1S/C19H26N2O/c1-3-18(22)21-13-11-19(12-14-21)10-9-17(20-4-2)15-7-5-6-8-16(15)19/h5-8H,3-4,9-14H2,1-2H3. The number of aliphatic imine (C=N–C) groups is 1. The van der Waals surface area contributed by atoms with Crippen molar-refractivity contribution >= 4 is 11.6 Å². The van der Waals surface area contributed by atoms with E-state index >= 15 is 0 Å². The molecule has 1 saturated heterocycles. The van der Waals surface area contributed by atoms with Gasteiger partial charge in [0.2, 0.25) is 5.91 Å². The number of rotatable bonds is 2. The highest BCUT2D eigenvalue weighted by Gasteiger charge is 2.41. The third-order valence-corrected chi connectivity index (χ3v) is 5.37. The van der Waals surface area contributed by atoms with Crippen molar-refractivity contribution in [2.45, 2.75) is 51.4 Å². The zero-order chi connectivity index (χ0) is 15.6. The summed E-state index contributed by atoms with van der Waals surface area (Å²) >= 11 is 0. The summed E-state index contributed by atoms with van der Waals surface area (Å²) in [6.07, 6.45) is 5.06. The SMILES string of the molecule is CCN=C1CCC2(CCN(C(=O)CC)CC2)c2ccccc21. The molecule has 3 rings (SSSR count). The lowest BCUT2D eigenvalue weighted by Gasteiger charge is -2.45. The van der Waals surface area contributed by atoms with Crippen LogP contribution in [0.3, 0.4) is 0 Å². The van der Waals surface area contributed by atoms with Crippen molar-refractivity contribution in [3.05, 3.63) is 35.4 Å². The number of amides is 1. The highest BCUT2D eigenvalue weighted by atomic mass is 16.2. The van der Waals surface area contributed by atoms with Crippen LogP contribution in [0.5, 0.6) is 0 Å². The van der Waals surface area contributed by atoms with E-state index in [1.807, 2.05) is 11.8 Å². The smallest absolute Gasteiger partial charge is 0.222 e. The maximum absolute atomic E-state index is 11.9. The molecule has 1 heterocycles. The van der Waals surface area contributed by atoms with E-state index in [1.54, 1.807) is 0 Å². The zero-order valence-electron chi connectivity index (χ0n) is 13.8. The monoisotopic (exact) mass is 298 g/mol. The van der Waals surface area contributed by atoms with Crippen LogP contribution < -0.4 is 0 Å². The van der Waals surface area contributed by atoms with E-state index < -0.39 is 0 Å². The van der Waals surface area contributed by atoms with Crippen molar-refractivity contribution in [2.24, 2.45) is 4.99 Å². The summed E-state index contributed by atoms with van der Waals surface area (Å²) in [7, 11) is 0. The summed E-state index contributed by atoms with van der Waals surface area (Å²) in [5.74, 6) is 0.298. The van der Waals surface area contributed by atoms with Gasteiger partial charge in [-0.25, -0.2) is 0 Å². The number of carbonyl (C=O) groups is 1. The van der Waals surface area contributed by atoms with E-state index in [1.165, 1.54) is 23.3 Å². The number of likely N-dealkylation sites (tertiary alicyclic amines) is 1. The predicted octanol–water partition coefficient (Wildman–Crippen LogP) is 3.56. The Bertz CT molecular complexity index is 583. The van der Waals surface area contributed by atoms with Gasteiger partial charge in [0.15, 0.2) is 0 Å². The van der Waals surface area contributed by atoms with Crippen molar-refractivity contribution in [2.75, 3.05) is 19.6 Å². The molecule has 0 atom stereocenters. The van der Waals surface area contributed by atoms with Crippen LogP contribution >= 0.6 is 0 Å². The Kier molecular flexibility index (Phi) is 4.32. The topological polar surface area (TPSA) is 32.7 Å². The molecule has 1 amide bonds. The molecule has 0 N–H and O–H groups in total. The van der Waals surface area contributed by atoms with E-state index in [2.05, 4.69) is 31.2 Å². The molecule has 1 aromatic rings. The largest absolute Gasteiger partial charge is 0.343 e. The Morgan fingerprint density at radius 3 is 2.59 bits per heavy atom. The fourth-order valence-corrected chi connectivity index (χ4v) is 4.11. The molecule has 3 heteroatoms. The van der Waals surface area contributed by atoms with Crippen LogP contribution in [0.4, 0.5) is 0 Å². The molecular formula is C19H26N2O. The molecule has 3 nitrogen and oxygen atoms in total. The molecule has 1 fully saturated rings. The molecule has 1 aliphatic carbocycles. The highest BCUT2D eigenvalue weighted by Crippen LogP contribution is 2.45. The number of carbonyl (C=O) groups excluding carboxylic acids is 1. The van der Waals surface area contributed by atoms with Crippen LogP contribution in [0.25, 0.3) is 0 Å². The van der Waals surface area contributed by atoms with Crippen LogP contribution in [0.15, 0.2) is 29.3 Å². The van der Waals surface area contributed by atoms with Crippen LogP contribution in [0.1, 0.15) is 57.1 Å². The summed E-state index contributed by atoms with van der Waals surface area (Å²) < 4.78 is 0. The van der Waals surface area contributed by atoms with Crippen LogP contribution in [-0.2, 0) is 10.2 Å². The molecule has 0 unspecified atom stereocenters. The molecule has 2 aliphatic rings. The number of hydrogen-bond donors (Lipinski definition) is 0. The number of piperidine rings is 1. The van der Waals surface area contributed by atoms with Gasteiger partial charge >= 0.3 is 0 Å². The second-order valence-corrected chi connectivity index (χ2v) is 6.48. The average molecular weight is 298 g/mol. The second kappa shape index (κ2) is 6.23. The summed E-state index contributed by atoms with van der Waals surface area (Å²) in [5, 5.41) is 0. The number of benzene rings is 1. The molecule has 0 aromatic heterocycles. The molecule has 0 bridgehead atoms. The lowest BCUT2D eigenvalue weighted by atomic mass is 9.64. The molecule has 0 saturated carbocycles. The lowest BCUT2D eigenvalue weighted by Crippen LogP contribution is -2.47. The Morgan fingerprint density at radius 1 is 1.18 bits per heavy atom. The Labute approximate surface area is 133 Å². The molecule has 22 heavy (non-hydrogen) atoms. The van der Waals surface area contributed by atoms with Gasteiger partial charge in [0.05, 0.1) is 0 Å². The summed E-state index contributed by atoms with van der Waals surface area (Å²) in [6.45, 7) is 6.73. The predicted molar refractivity (Wildman–Crippen MR) is 90.5 cm³/mol. The average Bonchev–Trinajstić information content (AvgIpc) is 2.58. The third-order valence-electron chi connectivity index (χ3n) is 5.37. The Balaban J connectivity index is 1.89. The first kappa shape index (κ1) is 15.3. The Morgan fingerprint density at radius 2 is 1.91 bits per heavy atom. The van der Waals surface area contributed by atoms with Gasteiger partial charge in [0, 0.05) is 31.8 Å². The molecule has 1 aliphatic heterocycles. The lowest BCUT2D eigenvalue weighted by molar-refractivity contribution is -0.132. The number of hydrogen-bond acceptors (Lipinski definition) is 2. The first-order valence-electron chi connectivity index (χ1n) is 8.61. The summed E-state index contributed by atoms with van der Waals surface area (Å²) in [6, 6.07) is 8.79. The quantitative estimate of drug-likeness (QED) is 0.821. The second-order valence-electron chi connectivity index (χ2n) is 6.48. The van der Waals surface area contributed by atoms with E-state index in [-0.39, 0.29) is 5.41 Å². The number of fused-ring (bicyclic) bond motifs is 2. The molecule has 0 radical (unpaired) electrons. The minimum absolute atomic E-state index is 0.258. The summed E-state index contributed by atoms with van der Waals surface area (Å²) in [4.78, 5) is 18.7. The first-order chi connectivity index (χ1) is 10.7. The summed E-state index contributed by atoms with van der Waals surface area (Å²) in [5.41, 5.74) is 4.35. The van der Waals surface area contributed by atoms with Gasteiger partial charge in [-0.2, -0.15) is 0 Å². The van der Waals surface area contributed by atoms with Crippen molar-refractivity contribution in [1.82, 2.24) is 4.90 Å². The zero-order valence-corrected chi connectivity index (χ0v) is 13.8. The van der Waals surface area contributed by atoms with E-state index in [9.17, 15) is 4.79 Å². The van der Waals surface area contributed by atoms with Crippen LogP contribution in [0.2, 0.25) is 0 Å². The fraction of sp³-hybridized carbons (Fsp3) is 0.579. The van der Waals surface area contributed by atoms with Crippen LogP contribution in [0, 0.1) is 0 Å². The minimum Gasteiger partial charge on any atom is -0.343 e. The van der Waals surface area contributed by atoms with E-state index in [0.717, 1.165) is 38.9 Å². The first-order valence-corrected chi connectivity index (χ1v) is 8.61. The van der Waals surface area contributed by atoms with Crippen molar-refractivity contribution in [3.8, 4) is 0 Å². The molecule has 1 aromatic carbocycles. The number of nitrogens with zero attached hydrogens (tertiary/aromatic N) is 2. The van der Waals surface area contributed by atoms with Crippen molar-refractivity contribution in [1.29, 1.82) is 0 Å². The van der Waals surface area contributed by atoms with Crippen LogP contribution in [-0.4, -0.2) is 36.2 Å². The van der Waals surface area contributed by atoms with Crippen molar-refractivity contribution in [3.63, 3.8) is 0 Å². The highest BCUT2D eigenvalue weighted by molar-refractivity contribution is 6.03. The molecular weight excluding hydrogens is 272 g/mol. The third kappa shape index (κ3) is 2.57. The minimum atomic E-state index is 0.258. The van der Waals surface area contributed by atoms with Gasteiger partial charge in [0.1, 0.15) is 0 Å². The van der Waals surface area contributed by atoms with Gasteiger partial charge in [-0.3, -0.25) is 9.79 Å². The maximum Gasteiger partial charge on any atom is 0.222 e. The van der Waals surface area contributed by atoms with Gasteiger partial charge in [-0.1, -0.05) is 31.2 Å². The van der Waals surface area contributed by atoms with Gasteiger partial charge in [-0.05, 0) is 49.1 Å². The van der Waals surface area contributed by atoms with Crippen molar-refractivity contribution < 1.29 is 4.79 Å². The Hall–Kier alpha value is -1.64. The molecule has 118 valence electrons. The van der Waals surface area contributed by atoms with E-state index in [0.29, 0.717) is 12.3 Å². The fourth-order valence-electron chi connectivity index (χ4n) is 4.11.